The molecule has 9 nitrogen and oxygen atoms in total. The summed E-state index contributed by atoms with van der Waals surface area (Å²) >= 11 is 0. The Morgan fingerprint density at radius 3 is 2.67 bits per heavy atom. The Bertz CT molecular complexity index is 1050. The lowest BCUT2D eigenvalue weighted by atomic mass is 10.2. The fourth-order valence-electron chi connectivity index (χ4n) is 2.49. The Morgan fingerprint density at radius 1 is 1.13 bits per heavy atom. The highest BCUT2D eigenvalue weighted by atomic mass is 19.1. The van der Waals surface area contributed by atoms with Gasteiger partial charge >= 0.3 is 5.97 Å². The van der Waals surface area contributed by atoms with E-state index >= 15 is 0 Å². The van der Waals surface area contributed by atoms with Crippen LogP contribution in [-0.4, -0.2) is 42.8 Å². The number of hydrogen-bond donors (Lipinski definition) is 1. The van der Waals surface area contributed by atoms with Gasteiger partial charge in [0, 0.05) is 6.07 Å². The Labute approximate surface area is 170 Å². The van der Waals surface area contributed by atoms with Gasteiger partial charge in [-0.05, 0) is 24.3 Å². The molecule has 0 fully saturated rings. The number of amides is 1. The van der Waals surface area contributed by atoms with Crippen LogP contribution in [0.3, 0.4) is 0 Å². The number of halogens is 1. The van der Waals surface area contributed by atoms with E-state index in [1.54, 1.807) is 18.2 Å². The van der Waals surface area contributed by atoms with Gasteiger partial charge < -0.3 is 24.1 Å². The molecule has 1 heterocycles. The Kier molecular flexibility index (Phi) is 6.58. The Morgan fingerprint density at radius 2 is 1.93 bits per heavy atom. The number of esters is 1. The summed E-state index contributed by atoms with van der Waals surface area (Å²) in [5.74, 6) is -0.779. The molecule has 10 heteroatoms. The first-order chi connectivity index (χ1) is 14.5. The van der Waals surface area contributed by atoms with Gasteiger partial charge in [-0.25, -0.2) is 4.39 Å². The molecule has 0 unspecified atom stereocenters. The summed E-state index contributed by atoms with van der Waals surface area (Å²) in [4.78, 5) is 27.9. The molecular weight excluding hydrogens is 397 g/mol. The van der Waals surface area contributed by atoms with Crippen molar-refractivity contribution in [2.24, 2.45) is 0 Å². The zero-order chi connectivity index (χ0) is 21.5. The van der Waals surface area contributed by atoms with E-state index in [0.717, 1.165) is 6.07 Å². The summed E-state index contributed by atoms with van der Waals surface area (Å²) in [6.07, 6.45) is 0. The number of carbonyl (C=O) groups is 2. The molecule has 0 spiro atoms. The monoisotopic (exact) mass is 415 g/mol. The number of methoxy groups -OCH3 is 2. The maximum Gasteiger partial charge on any atom is 0.325 e. The molecule has 1 N–H and O–H groups in total. The van der Waals surface area contributed by atoms with Gasteiger partial charge in [0.05, 0.1) is 25.3 Å². The third-order valence-electron chi connectivity index (χ3n) is 3.99. The Balaban J connectivity index is 1.55. The molecule has 30 heavy (non-hydrogen) atoms. The lowest BCUT2D eigenvalue weighted by molar-refractivity contribution is -0.144. The maximum atomic E-state index is 13.6. The second-order valence-electron chi connectivity index (χ2n) is 5.90. The van der Waals surface area contributed by atoms with Crippen molar-refractivity contribution in [3.8, 4) is 22.9 Å². The number of rotatable bonds is 8. The van der Waals surface area contributed by atoms with Crippen LogP contribution in [-0.2, 0) is 16.1 Å². The summed E-state index contributed by atoms with van der Waals surface area (Å²) in [7, 11) is 3.03. The van der Waals surface area contributed by atoms with Crippen molar-refractivity contribution in [2.75, 3.05) is 20.8 Å². The van der Waals surface area contributed by atoms with E-state index < -0.39 is 24.2 Å². The first-order valence-corrected chi connectivity index (χ1v) is 8.75. The summed E-state index contributed by atoms with van der Waals surface area (Å²) in [6.45, 7) is -0.736. The van der Waals surface area contributed by atoms with Crippen molar-refractivity contribution in [2.45, 2.75) is 6.61 Å². The second kappa shape index (κ2) is 9.50. The third-order valence-corrected chi connectivity index (χ3v) is 3.99. The van der Waals surface area contributed by atoms with E-state index in [-0.39, 0.29) is 23.9 Å². The molecule has 0 atom stereocenters. The van der Waals surface area contributed by atoms with Gasteiger partial charge in [0.1, 0.15) is 23.9 Å². The fourth-order valence-corrected chi connectivity index (χ4v) is 2.49. The smallest absolute Gasteiger partial charge is 0.325 e. The first kappa shape index (κ1) is 20.8. The van der Waals surface area contributed by atoms with Crippen LogP contribution < -0.4 is 14.8 Å². The molecular formula is C20H18FN3O6. The quantitative estimate of drug-likeness (QED) is 0.558. The average molecular weight is 415 g/mol. The van der Waals surface area contributed by atoms with Crippen LogP contribution in [0.4, 0.5) is 4.39 Å². The van der Waals surface area contributed by atoms with Crippen LogP contribution in [0.2, 0.25) is 0 Å². The lowest BCUT2D eigenvalue weighted by Gasteiger charge is -2.07. The molecule has 1 aromatic heterocycles. The van der Waals surface area contributed by atoms with E-state index in [1.165, 1.54) is 32.4 Å². The van der Waals surface area contributed by atoms with Crippen LogP contribution in [0.5, 0.6) is 11.5 Å². The van der Waals surface area contributed by atoms with Gasteiger partial charge in [-0.1, -0.05) is 17.3 Å². The van der Waals surface area contributed by atoms with Gasteiger partial charge in [0.15, 0.2) is 6.61 Å². The zero-order valence-corrected chi connectivity index (χ0v) is 16.2. The van der Waals surface area contributed by atoms with E-state index in [0.29, 0.717) is 17.1 Å². The highest BCUT2D eigenvalue weighted by molar-refractivity contribution is 5.96. The van der Waals surface area contributed by atoms with Crippen molar-refractivity contribution < 1.29 is 32.7 Å². The Hall–Kier alpha value is -3.95. The molecule has 156 valence electrons. The number of benzene rings is 2. The van der Waals surface area contributed by atoms with E-state index in [2.05, 4.69) is 15.5 Å². The minimum absolute atomic E-state index is 0.0525. The standard InChI is InChI=1S/C20H18FN3O6/c1-27-12-7-8-14(16(9-12)28-2)19-23-17(30-24-19)11-29-18(25)10-22-20(26)13-5-3-4-6-15(13)21/h3-9H,10-11H2,1-2H3,(H,22,26). The number of aromatic nitrogens is 2. The SMILES string of the molecule is COc1ccc(-c2noc(COC(=O)CNC(=O)c3ccccc3F)n2)c(OC)c1. The van der Waals surface area contributed by atoms with E-state index in [4.69, 9.17) is 18.7 Å². The van der Waals surface area contributed by atoms with Crippen LogP contribution >= 0.6 is 0 Å². The van der Waals surface area contributed by atoms with Gasteiger partial charge in [-0.3, -0.25) is 9.59 Å². The van der Waals surface area contributed by atoms with Crippen LogP contribution in [0.25, 0.3) is 11.4 Å². The first-order valence-electron chi connectivity index (χ1n) is 8.75. The highest BCUT2D eigenvalue weighted by Gasteiger charge is 2.16. The van der Waals surface area contributed by atoms with Crippen molar-refractivity contribution in [3.63, 3.8) is 0 Å². The molecule has 3 aromatic rings. The van der Waals surface area contributed by atoms with Gasteiger partial charge in [-0.2, -0.15) is 4.98 Å². The molecule has 0 bridgehead atoms. The topological polar surface area (TPSA) is 113 Å². The summed E-state index contributed by atoms with van der Waals surface area (Å²) in [5.41, 5.74) is 0.400. The maximum absolute atomic E-state index is 13.6. The molecule has 3 rings (SSSR count). The molecule has 0 saturated carbocycles. The van der Waals surface area contributed by atoms with Crippen LogP contribution in [0, 0.1) is 5.82 Å². The average Bonchev–Trinajstić information content (AvgIpc) is 3.24. The van der Waals surface area contributed by atoms with Crippen molar-refractivity contribution >= 4 is 11.9 Å². The number of ether oxygens (including phenoxy) is 3. The van der Waals surface area contributed by atoms with Crippen molar-refractivity contribution in [3.05, 3.63) is 59.7 Å². The number of carbonyl (C=O) groups excluding carboxylic acids is 2. The predicted molar refractivity (Wildman–Crippen MR) is 101 cm³/mol. The molecule has 0 radical (unpaired) electrons. The van der Waals surface area contributed by atoms with Gasteiger partial charge in [0.25, 0.3) is 11.8 Å². The predicted octanol–water partition coefficient (Wildman–Crippen LogP) is 2.37. The lowest BCUT2D eigenvalue weighted by Crippen LogP contribution is -2.31. The third kappa shape index (κ3) is 4.90. The largest absolute Gasteiger partial charge is 0.497 e. The normalized spacial score (nSPS) is 10.4. The molecule has 2 aromatic carbocycles. The molecule has 1 amide bonds. The molecule has 0 aliphatic rings. The van der Waals surface area contributed by atoms with Crippen molar-refractivity contribution in [1.82, 2.24) is 15.5 Å². The number of nitrogens with one attached hydrogen (secondary N) is 1. The van der Waals surface area contributed by atoms with E-state index in [9.17, 15) is 14.0 Å². The van der Waals surface area contributed by atoms with Gasteiger partial charge in [-0.15, -0.1) is 0 Å². The van der Waals surface area contributed by atoms with Crippen molar-refractivity contribution in [1.29, 1.82) is 0 Å². The van der Waals surface area contributed by atoms with E-state index in [1.807, 2.05) is 0 Å². The second-order valence-corrected chi connectivity index (χ2v) is 5.90. The number of hydrogen-bond acceptors (Lipinski definition) is 8. The van der Waals surface area contributed by atoms with Crippen LogP contribution in [0.15, 0.2) is 47.0 Å². The summed E-state index contributed by atoms with van der Waals surface area (Å²) in [6, 6.07) is 10.5. The molecule has 0 saturated heterocycles. The fraction of sp³-hybridized carbons (Fsp3) is 0.200. The minimum atomic E-state index is -0.749. The minimum Gasteiger partial charge on any atom is -0.497 e. The molecule has 0 aliphatic carbocycles. The highest BCUT2D eigenvalue weighted by Crippen LogP contribution is 2.31. The summed E-state index contributed by atoms with van der Waals surface area (Å²) in [5, 5.41) is 6.13. The molecule has 0 aliphatic heterocycles. The summed E-state index contributed by atoms with van der Waals surface area (Å²) < 4.78 is 34.1. The van der Waals surface area contributed by atoms with Crippen LogP contribution in [0.1, 0.15) is 16.2 Å². The number of nitrogens with zero attached hydrogens (tertiary/aromatic N) is 2. The van der Waals surface area contributed by atoms with Gasteiger partial charge in [0.2, 0.25) is 5.82 Å². The zero-order valence-electron chi connectivity index (χ0n) is 16.2.